The third kappa shape index (κ3) is 9.40. The molecule has 0 saturated carbocycles. The molecule has 1 fully saturated rings. The first-order valence-corrected chi connectivity index (χ1v) is 18.7. The van der Waals surface area contributed by atoms with E-state index in [-0.39, 0.29) is 11.5 Å². The van der Waals surface area contributed by atoms with Crippen molar-refractivity contribution >= 4 is 21.8 Å². The number of phenols is 2. The molecule has 3 heterocycles. The Hall–Kier alpha value is -4.94. The number of aromatic hydroxyl groups is 2. The highest BCUT2D eigenvalue weighted by atomic mass is 16.5. The van der Waals surface area contributed by atoms with Crippen molar-refractivity contribution in [2.75, 3.05) is 79.0 Å². The topological polar surface area (TPSA) is 110 Å². The van der Waals surface area contributed by atoms with Crippen LogP contribution in [0.1, 0.15) is 11.1 Å². The number of hydrogen-bond donors (Lipinski definition) is 2. The molecule has 7 rings (SSSR count). The van der Waals surface area contributed by atoms with E-state index in [9.17, 15) is 10.2 Å². The average Bonchev–Trinajstić information content (AvgIpc) is 3.21. The molecule has 280 valence electrons. The van der Waals surface area contributed by atoms with Crippen LogP contribution in [0.4, 0.5) is 0 Å². The lowest BCUT2D eigenvalue weighted by Crippen LogP contribution is -2.32. The summed E-state index contributed by atoms with van der Waals surface area (Å²) in [6.07, 6.45) is 3.44. The average molecular weight is 729 g/mol. The maximum atomic E-state index is 11.3. The first-order valence-electron chi connectivity index (χ1n) is 18.7. The zero-order chi connectivity index (χ0) is 37.0. The Kier molecular flexibility index (Phi) is 13.1. The molecule has 0 aliphatic carbocycles. The van der Waals surface area contributed by atoms with Gasteiger partial charge in [-0.2, -0.15) is 0 Å². The summed E-state index contributed by atoms with van der Waals surface area (Å²) in [7, 11) is 0. The molecule has 0 spiro atoms. The fourth-order valence-electron chi connectivity index (χ4n) is 6.96. The normalized spacial score (nSPS) is 16.6. The molecule has 0 bridgehead atoms. The van der Waals surface area contributed by atoms with Crippen LogP contribution in [0.25, 0.3) is 44.1 Å². The first kappa shape index (κ1) is 37.4. The lowest BCUT2D eigenvalue weighted by atomic mass is 9.97. The van der Waals surface area contributed by atoms with E-state index in [0.717, 1.165) is 44.2 Å². The van der Waals surface area contributed by atoms with Gasteiger partial charge in [-0.05, 0) is 46.5 Å². The minimum Gasteiger partial charge on any atom is -0.505 e. The quantitative estimate of drug-likeness (QED) is 0.188. The predicted molar refractivity (Wildman–Crippen MR) is 212 cm³/mol. The van der Waals surface area contributed by atoms with E-state index in [1.54, 1.807) is 12.4 Å². The van der Waals surface area contributed by atoms with Gasteiger partial charge < -0.3 is 29.2 Å². The lowest BCUT2D eigenvalue weighted by molar-refractivity contribution is 0.00613. The largest absolute Gasteiger partial charge is 0.505 e. The Morgan fingerprint density at radius 3 is 1.20 bits per heavy atom. The second-order valence-corrected chi connectivity index (χ2v) is 13.4. The van der Waals surface area contributed by atoms with Crippen LogP contribution in [0.15, 0.2) is 109 Å². The van der Waals surface area contributed by atoms with Crippen LogP contribution >= 0.6 is 0 Å². The van der Waals surface area contributed by atoms with Crippen LogP contribution in [0.2, 0.25) is 0 Å². The molecule has 1 aliphatic heterocycles. The Balaban J connectivity index is 0.984. The fraction of sp³-hybridized carbons (Fsp3) is 0.318. The number of benzene rings is 4. The Morgan fingerprint density at radius 2 is 0.833 bits per heavy atom. The molecule has 10 heteroatoms. The summed E-state index contributed by atoms with van der Waals surface area (Å²) < 4.78 is 24.1. The summed E-state index contributed by atoms with van der Waals surface area (Å²) in [4.78, 5) is 13.6. The molecule has 6 aromatic rings. The van der Waals surface area contributed by atoms with Gasteiger partial charge in [0.1, 0.15) is 22.5 Å². The van der Waals surface area contributed by atoms with Gasteiger partial charge in [0.25, 0.3) is 0 Å². The molecule has 2 N–H and O–H groups in total. The van der Waals surface area contributed by atoms with Gasteiger partial charge in [0.2, 0.25) is 0 Å². The van der Waals surface area contributed by atoms with Crippen LogP contribution in [0, 0.1) is 0 Å². The van der Waals surface area contributed by atoms with Gasteiger partial charge in [0.15, 0.2) is 0 Å². The molecule has 10 nitrogen and oxygen atoms in total. The van der Waals surface area contributed by atoms with Gasteiger partial charge in [0.05, 0.1) is 52.9 Å². The van der Waals surface area contributed by atoms with Crippen molar-refractivity contribution in [2.24, 2.45) is 0 Å². The van der Waals surface area contributed by atoms with Crippen LogP contribution in [0.5, 0.6) is 11.5 Å². The number of rotatable bonds is 6. The van der Waals surface area contributed by atoms with Crippen molar-refractivity contribution in [3.8, 4) is 33.8 Å². The van der Waals surface area contributed by atoms with Gasteiger partial charge in [-0.3, -0.25) is 19.8 Å². The van der Waals surface area contributed by atoms with E-state index >= 15 is 0 Å². The SMILES string of the molecule is Oc1c(CN2CCOCCOCCN(Cc3cc(-c4ccccc4)c4cccnc4c3O)CCOCCOCC2)cc(-c2ccccc2)c2cccnc12. The number of phenolic OH excluding ortho intramolecular Hbond substituents is 2. The Bertz CT molecular complexity index is 1930. The number of nitrogens with zero attached hydrogens (tertiary/aromatic N) is 4. The summed E-state index contributed by atoms with van der Waals surface area (Å²) in [6, 6.07) is 32.4. The Labute approximate surface area is 316 Å². The van der Waals surface area contributed by atoms with Crippen molar-refractivity contribution in [1.29, 1.82) is 0 Å². The van der Waals surface area contributed by atoms with Crippen LogP contribution in [0.3, 0.4) is 0 Å². The van der Waals surface area contributed by atoms with E-state index in [1.807, 2.05) is 60.7 Å². The zero-order valence-electron chi connectivity index (χ0n) is 30.6. The highest BCUT2D eigenvalue weighted by Gasteiger charge is 2.19. The number of pyridine rings is 2. The monoisotopic (exact) mass is 728 g/mol. The molecule has 0 atom stereocenters. The highest BCUT2D eigenvalue weighted by molar-refractivity contribution is 5.99. The van der Waals surface area contributed by atoms with Crippen molar-refractivity contribution in [3.63, 3.8) is 0 Å². The molecule has 1 aliphatic rings. The number of hydrogen-bond acceptors (Lipinski definition) is 10. The van der Waals surface area contributed by atoms with E-state index in [2.05, 4.69) is 56.2 Å². The predicted octanol–water partition coefficient (Wildman–Crippen LogP) is 6.91. The molecular weight excluding hydrogens is 681 g/mol. The van der Waals surface area contributed by atoms with Gasteiger partial charge in [-0.1, -0.05) is 72.8 Å². The summed E-state index contributed by atoms with van der Waals surface area (Å²) in [5.74, 6) is 0.401. The van der Waals surface area contributed by atoms with Crippen LogP contribution in [-0.2, 0) is 32.0 Å². The molecule has 1 saturated heterocycles. The highest BCUT2D eigenvalue weighted by Crippen LogP contribution is 2.38. The molecule has 0 radical (unpaired) electrons. The molecule has 4 aromatic carbocycles. The molecular formula is C44H48N4O6. The molecule has 0 unspecified atom stereocenters. The molecule has 0 amide bonds. The number of aromatic nitrogens is 2. The Morgan fingerprint density at radius 1 is 0.463 bits per heavy atom. The third-order valence-corrected chi connectivity index (χ3v) is 9.80. The van der Waals surface area contributed by atoms with E-state index in [4.69, 9.17) is 18.9 Å². The molecule has 2 aromatic heterocycles. The third-order valence-electron chi connectivity index (χ3n) is 9.80. The van der Waals surface area contributed by atoms with E-state index in [0.29, 0.717) is 103 Å². The number of fused-ring (bicyclic) bond motifs is 2. The van der Waals surface area contributed by atoms with Crippen molar-refractivity contribution in [2.45, 2.75) is 13.1 Å². The summed E-state index contributed by atoms with van der Waals surface area (Å²) in [5, 5.41) is 24.5. The molecule has 54 heavy (non-hydrogen) atoms. The van der Waals surface area contributed by atoms with Gasteiger partial charge in [-0.25, -0.2) is 0 Å². The standard InChI is InChI=1S/C44H48N4O6/c49-43-35(29-39(33-9-3-1-4-10-33)37-13-7-15-45-41(37)43)31-47-17-21-51-25-27-53-23-19-48(20-24-54-28-26-52-22-18-47)32-36-30-40(34-11-5-2-6-12-34)38-14-8-16-46-42(38)44(36)50/h1-16,29-30,49-50H,17-28,31-32H2. The van der Waals surface area contributed by atoms with Gasteiger partial charge in [0, 0.05) is 73.6 Å². The second kappa shape index (κ2) is 18.9. The van der Waals surface area contributed by atoms with Crippen molar-refractivity contribution < 1.29 is 29.2 Å². The number of ether oxygens (including phenoxy) is 4. The van der Waals surface area contributed by atoms with Crippen molar-refractivity contribution in [3.05, 3.63) is 121 Å². The van der Waals surface area contributed by atoms with Gasteiger partial charge >= 0.3 is 0 Å². The smallest absolute Gasteiger partial charge is 0.146 e. The van der Waals surface area contributed by atoms with Crippen molar-refractivity contribution in [1.82, 2.24) is 19.8 Å². The summed E-state index contributed by atoms with van der Waals surface area (Å²) >= 11 is 0. The van der Waals surface area contributed by atoms with E-state index in [1.165, 1.54) is 0 Å². The van der Waals surface area contributed by atoms with E-state index < -0.39 is 0 Å². The minimum absolute atomic E-state index is 0.201. The van der Waals surface area contributed by atoms with Gasteiger partial charge in [-0.15, -0.1) is 0 Å². The summed E-state index contributed by atoms with van der Waals surface area (Å²) in [6.45, 7) is 7.56. The van der Waals surface area contributed by atoms with Crippen LogP contribution < -0.4 is 0 Å². The second-order valence-electron chi connectivity index (χ2n) is 13.4. The maximum absolute atomic E-state index is 11.3. The fourth-order valence-corrected chi connectivity index (χ4v) is 6.96. The summed E-state index contributed by atoms with van der Waals surface area (Å²) in [5.41, 5.74) is 7.04. The zero-order valence-corrected chi connectivity index (χ0v) is 30.6. The minimum atomic E-state index is 0.201. The lowest BCUT2D eigenvalue weighted by Gasteiger charge is -2.25. The van der Waals surface area contributed by atoms with Crippen LogP contribution in [-0.4, -0.2) is 109 Å². The maximum Gasteiger partial charge on any atom is 0.146 e. The first-order chi connectivity index (χ1) is 26.7.